The van der Waals surface area contributed by atoms with Crippen molar-refractivity contribution in [3.8, 4) is 16.8 Å². The van der Waals surface area contributed by atoms with Crippen LogP contribution in [0.3, 0.4) is 0 Å². The van der Waals surface area contributed by atoms with Gasteiger partial charge in [-0.25, -0.2) is 4.52 Å². The average Bonchev–Trinajstić information content (AvgIpc) is 3.09. The number of nitrogens with zero attached hydrogens (tertiary/aromatic N) is 4. The molecule has 0 fully saturated rings. The van der Waals surface area contributed by atoms with E-state index in [2.05, 4.69) is 28.6 Å². The van der Waals surface area contributed by atoms with Gasteiger partial charge in [-0.1, -0.05) is 48.5 Å². The van der Waals surface area contributed by atoms with Crippen molar-refractivity contribution in [2.45, 2.75) is 0 Å². The SMILES string of the molecule is c1ccc(-c2cc3n(-c4ccccc4)nnn3c2)cc1. The van der Waals surface area contributed by atoms with Gasteiger partial charge in [-0.05, 0) is 34.2 Å². The van der Waals surface area contributed by atoms with Gasteiger partial charge in [-0.2, -0.15) is 4.68 Å². The van der Waals surface area contributed by atoms with Crippen LogP contribution < -0.4 is 0 Å². The minimum Gasteiger partial charge on any atom is -0.202 e. The zero-order chi connectivity index (χ0) is 13.4. The van der Waals surface area contributed by atoms with Gasteiger partial charge in [-0.3, -0.25) is 0 Å². The highest BCUT2D eigenvalue weighted by Crippen LogP contribution is 2.22. The molecule has 0 N–H and O–H groups in total. The van der Waals surface area contributed by atoms with Gasteiger partial charge in [0.2, 0.25) is 0 Å². The van der Waals surface area contributed by atoms with Gasteiger partial charge in [0.05, 0.1) is 5.69 Å². The summed E-state index contributed by atoms with van der Waals surface area (Å²) >= 11 is 0. The lowest BCUT2D eigenvalue weighted by Crippen LogP contribution is -1.95. The lowest BCUT2D eigenvalue weighted by atomic mass is 10.1. The molecule has 0 amide bonds. The van der Waals surface area contributed by atoms with Gasteiger partial charge >= 0.3 is 0 Å². The number of aromatic nitrogens is 4. The highest BCUT2D eigenvalue weighted by molar-refractivity contribution is 5.68. The van der Waals surface area contributed by atoms with Crippen molar-refractivity contribution < 1.29 is 0 Å². The van der Waals surface area contributed by atoms with E-state index >= 15 is 0 Å². The number of benzene rings is 2. The molecule has 0 aliphatic carbocycles. The molecule has 2 aromatic heterocycles. The normalized spacial score (nSPS) is 11.0. The van der Waals surface area contributed by atoms with Gasteiger partial charge < -0.3 is 0 Å². The highest BCUT2D eigenvalue weighted by Gasteiger charge is 2.09. The Balaban J connectivity index is 1.88. The summed E-state index contributed by atoms with van der Waals surface area (Å²) in [5, 5.41) is 8.36. The predicted octanol–water partition coefficient (Wildman–Crippen LogP) is 3.19. The second-order valence-electron chi connectivity index (χ2n) is 4.62. The minimum absolute atomic E-state index is 0.954. The molecule has 4 rings (SSSR count). The van der Waals surface area contributed by atoms with E-state index in [1.54, 1.807) is 4.52 Å². The molecule has 4 heteroatoms. The van der Waals surface area contributed by atoms with Crippen molar-refractivity contribution in [3.63, 3.8) is 0 Å². The van der Waals surface area contributed by atoms with Gasteiger partial charge in [0.15, 0.2) is 5.65 Å². The summed E-state index contributed by atoms with van der Waals surface area (Å²) in [4.78, 5) is 0. The molecule has 0 aliphatic heterocycles. The Hall–Kier alpha value is -2.88. The maximum atomic E-state index is 4.19. The van der Waals surface area contributed by atoms with Crippen molar-refractivity contribution in [1.82, 2.24) is 19.6 Å². The van der Waals surface area contributed by atoms with E-state index in [4.69, 9.17) is 0 Å². The summed E-state index contributed by atoms with van der Waals surface area (Å²) in [6.07, 6.45) is 2.00. The van der Waals surface area contributed by atoms with Crippen LogP contribution in [0.2, 0.25) is 0 Å². The quantitative estimate of drug-likeness (QED) is 0.555. The van der Waals surface area contributed by atoms with Crippen molar-refractivity contribution in [2.75, 3.05) is 0 Å². The van der Waals surface area contributed by atoms with E-state index in [1.165, 1.54) is 5.56 Å². The smallest absolute Gasteiger partial charge is 0.159 e. The number of hydrogen-bond acceptors (Lipinski definition) is 2. The van der Waals surface area contributed by atoms with Crippen LogP contribution in [0, 0.1) is 0 Å². The topological polar surface area (TPSA) is 35.1 Å². The number of para-hydroxylation sites is 1. The first-order chi connectivity index (χ1) is 9.92. The Bertz CT molecular complexity index is 844. The summed E-state index contributed by atoms with van der Waals surface area (Å²) in [7, 11) is 0. The maximum Gasteiger partial charge on any atom is 0.159 e. The van der Waals surface area contributed by atoms with Crippen LogP contribution in [0.4, 0.5) is 0 Å². The fourth-order valence-corrected chi connectivity index (χ4v) is 2.34. The fraction of sp³-hybridized carbons (Fsp3) is 0. The summed E-state index contributed by atoms with van der Waals surface area (Å²) in [5.41, 5.74) is 4.28. The third-order valence-corrected chi connectivity index (χ3v) is 3.33. The summed E-state index contributed by atoms with van der Waals surface area (Å²) in [6, 6.07) is 22.4. The molecule has 0 saturated carbocycles. The molecule has 4 aromatic rings. The van der Waals surface area contributed by atoms with Crippen molar-refractivity contribution in [3.05, 3.63) is 72.9 Å². The Kier molecular flexibility index (Phi) is 2.39. The Morgan fingerprint density at radius 2 is 1.40 bits per heavy atom. The number of rotatable bonds is 2. The minimum atomic E-state index is 0.954. The molecule has 20 heavy (non-hydrogen) atoms. The zero-order valence-corrected chi connectivity index (χ0v) is 10.7. The van der Waals surface area contributed by atoms with E-state index in [9.17, 15) is 0 Å². The third kappa shape index (κ3) is 1.70. The molecule has 96 valence electrons. The first-order valence-corrected chi connectivity index (χ1v) is 6.47. The van der Waals surface area contributed by atoms with Crippen molar-refractivity contribution >= 4 is 5.65 Å². The molecule has 0 bridgehead atoms. The number of tetrazole rings is 1. The molecule has 0 aliphatic rings. The molecular formula is C16H12N4. The molecule has 0 radical (unpaired) electrons. The predicted molar refractivity (Wildman–Crippen MR) is 77.8 cm³/mol. The standard InChI is InChI=1S/C16H12N4/c1-3-7-13(8-4-1)14-11-16-19(12-14)17-18-20(16)15-9-5-2-6-10-15/h1-12H. The maximum absolute atomic E-state index is 4.19. The highest BCUT2D eigenvalue weighted by atomic mass is 15.6. The summed E-state index contributed by atoms with van der Waals surface area (Å²) in [5.74, 6) is 0. The number of hydrogen-bond donors (Lipinski definition) is 0. The van der Waals surface area contributed by atoms with Crippen LogP contribution in [0.1, 0.15) is 0 Å². The molecule has 0 saturated heterocycles. The van der Waals surface area contributed by atoms with E-state index < -0.39 is 0 Å². The molecule has 0 atom stereocenters. The van der Waals surface area contributed by atoms with Crippen molar-refractivity contribution in [2.24, 2.45) is 0 Å². The van der Waals surface area contributed by atoms with Crippen LogP contribution in [-0.4, -0.2) is 19.6 Å². The molecular weight excluding hydrogens is 248 g/mol. The van der Waals surface area contributed by atoms with E-state index in [0.717, 1.165) is 16.9 Å². The molecule has 0 unspecified atom stereocenters. The summed E-state index contributed by atoms with van der Waals surface area (Å²) < 4.78 is 3.64. The van der Waals surface area contributed by atoms with Crippen LogP contribution in [0.5, 0.6) is 0 Å². The molecule has 2 aromatic carbocycles. The second-order valence-corrected chi connectivity index (χ2v) is 4.62. The van der Waals surface area contributed by atoms with Crippen LogP contribution in [-0.2, 0) is 0 Å². The average molecular weight is 260 g/mol. The first kappa shape index (κ1) is 11.0. The first-order valence-electron chi connectivity index (χ1n) is 6.47. The fourth-order valence-electron chi connectivity index (χ4n) is 2.34. The van der Waals surface area contributed by atoms with Gasteiger partial charge in [0.1, 0.15) is 0 Å². The molecule has 0 spiro atoms. The monoisotopic (exact) mass is 260 g/mol. The summed E-state index contributed by atoms with van der Waals surface area (Å²) in [6.45, 7) is 0. The van der Waals surface area contributed by atoms with Gasteiger partial charge in [0, 0.05) is 11.8 Å². The Morgan fingerprint density at radius 3 is 2.15 bits per heavy atom. The van der Waals surface area contributed by atoms with Crippen molar-refractivity contribution in [1.29, 1.82) is 0 Å². The molecule has 2 heterocycles. The number of fused-ring (bicyclic) bond motifs is 1. The van der Waals surface area contributed by atoms with Gasteiger partial charge in [0.25, 0.3) is 0 Å². The second kappa shape index (κ2) is 4.35. The van der Waals surface area contributed by atoms with E-state index in [0.29, 0.717) is 0 Å². The largest absolute Gasteiger partial charge is 0.202 e. The Labute approximate surface area is 115 Å². The van der Waals surface area contributed by atoms with Crippen LogP contribution in [0.25, 0.3) is 22.5 Å². The van der Waals surface area contributed by atoms with Crippen LogP contribution >= 0.6 is 0 Å². The Morgan fingerprint density at radius 1 is 0.700 bits per heavy atom. The third-order valence-electron chi connectivity index (χ3n) is 3.33. The van der Waals surface area contributed by atoms with E-state index in [-0.39, 0.29) is 0 Å². The lowest BCUT2D eigenvalue weighted by molar-refractivity contribution is 0.771. The molecule has 4 nitrogen and oxygen atoms in total. The lowest BCUT2D eigenvalue weighted by Gasteiger charge is -1.98. The van der Waals surface area contributed by atoms with Gasteiger partial charge in [-0.15, -0.1) is 0 Å². The van der Waals surface area contributed by atoms with E-state index in [1.807, 2.05) is 59.4 Å². The van der Waals surface area contributed by atoms with Crippen LogP contribution in [0.15, 0.2) is 72.9 Å². The zero-order valence-electron chi connectivity index (χ0n) is 10.7.